The number of anilines is 1. The van der Waals surface area contributed by atoms with Crippen LogP contribution in [0.2, 0.25) is 0 Å². The quantitative estimate of drug-likeness (QED) is 0.172. The van der Waals surface area contributed by atoms with E-state index in [1.807, 2.05) is 55.4 Å². The zero-order valence-electron chi connectivity index (χ0n) is 30.9. The van der Waals surface area contributed by atoms with E-state index in [1.54, 1.807) is 13.3 Å². The van der Waals surface area contributed by atoms with Gasteiger partial charge in [0.2, 0.25) is 5.91 Å². The van der Waals surface area contributed by atoms with Gasteiger partial charge in [0, 0.05) is 23.5 Å². The van der Waals surface area contributed by atoms with Crippen molar-refractivity contribution in [1.29, 1.82) is 0 Å². The van der Waals surface area contributed by atoms with E-state index < -0.39 is 17.1 Å². The number of amides is 1. The van der Waals surface area contributed by atoms with Crippen LogP contribution in [0.3, 0.4) is 0 Å². The molecular formula is C41H58F2N4O. The minimum Gasteiger partial charge on any atom is -0.353 e. The lowest BCUT2D eigenvalue weighted by Crippen LogP contribution is -2.49. The summed E-state index contributed by atoms with van der Waals surface area (Å²) in [6.07, 6.45) is 16.0. The van der Waals surface area contributed by atoms with Gasteiger partial charge in [0.15, 0.2) is 0 Å². The highest BCUT2D eigenvalue weighted by atomic mass is 19.1. The fourth-order valence-corrected chi connectivity index (χ4v) is 6.50. The van der Waals surface area contributed by atoms with Crippen molar-refractivity contribution >= 4 is 28.9 Å². The van der Waals surface area contributed by atoms with Gasteiger partial charge in [-0.15, -0.1) is 0 Å². The average Bonchev–Trinajstić information content (AvgIpc) is 3.55. The summed E-state index contributed by atoms with van der Waals surface area (Å²) < 4.78 is 31.0. The lowest BCUT2D eigenvalue weighted by atomic mass is 9.77. The van der Waals surface area contributed by atoms with Gasteiger partial charge in [-0.3, -0.25) is 4.79 Å². The smallest absolute Gasteiger partial charge is 0.237 e. The molecule has 1 aromatic carbocycles. The number of carbonyl (C=O) groups excluding carboxylic acids is 1. The monoisotopic (exact) mass is 660 g/mol. The zero-order chi connectivity index (χ0) is 35.8. The number of nitrogens with zero attached hydrogens (tertiary/aromatic N) is 3. The van der Waals surface area contributed by atoms with Crippen LogP contribution in [0.5, 0.6) is 0 Å². The van der Waals surface area contributed by atoms with Crippen LogP contribution < -0.4 is 20.9 Å². The standard InChI is InChI=1S/C34H42F2N4O.C7H16/c1-10-23-16-25(17-23)40-30-18-24(13-14-26(30)34(8,9)33(40)41)21(6)15-29-32(39(19-37-29)20(4)5)22(7)38-31(27(35)11-2)28(36)12-3;1-3-5-7-6-4-2/h11-15,18-20,23,25,38H,2,6,10,16-17H2,1,3-5,7-9H3;3-7H2,1-2H3/b28-12+,29-15+,31-27-,32-22-;. The number of hydrogen-bond donors (Lipinski definition) is 1. The van der Waals surface area contributed by atoms with Crippen molar-refractivity contribution in [3.8, 4) is 0 Å². The number of carbonyl (C=O) groups is 1. The van der Waals surface area contributed by atoms with Crippen molar-refractivity contribution in [2.75, 3.05) is 4.90 Å². The maximum Gasteiger partial charge on any atom is 0.237 e. The van der Waals surface area contributed by atoms with E-state index in [0.29, 0.717) is 22.3 Å². The highest BCUT2D eigenvalue weighted by Gasteiger charge is 2.48. The van der Waals surface area contributed by atoms with E-state index in [4.69, 9.17) is 0 Å². The number of imidazole rings is 1. The minimum atomic E-state index is -0.789. The largest absolute Gasteiger partial charge is 0.353 e. The molecule has 1 saturated carbocycles. The lowest BCUT2D eigenvalue weighted by Gasteiger charge is -2.41. The summed E-state index contributed by atoms with van der Waals surface area (Å²) in [6, 6.07) is 6.38. The molecule has 5 nitrogen and oxygen atoms in total. The second-order valence-electron chi connectivity index (χ2n) is 14.0. The maximum absolute atomic E-state index is 14.5. The van der Waals surface area contributed by atoms with Crippen LogP contribution in [0.25, 0.3) is 17.3 Å². The molecule has 0 saturated heterocycles. The van der Waals surface area contributed by atoms with Crippen LogP contribution >= 0.6 is 0 Å². The Morgan fingerprint density at radius 1 is 1.12 bits per heavy atom. The van der Waals surface area contributed by atoms with Crippen molar-refractivity contribution in [2.24, 2.45) is 5.92 Å². The number of fused-ring (bicyclic) bond motifs is 1. The van der Waals surface area contributed by atoms with Crippen LogP contribution in [0.4, 0.5) is 14.5 Å². The van der Waals surface area contributed by atoms with E-state index in [1.165, 1.54) is 45.1 Å². The summed E-state index contributed by atoms with van der Waals surface area (Å²) in [5.41, 5.74) is 3.27. The Balaban J connectivity index is 0.000000804. The fraction of sp³-hybridized carbons (Fsp3) is 0.512. The predicted octanol–water partition coefficient (Wildman–Crippen LogP) is 9.71. The molecular weight excluding hydrogens is 602 g/mol. The van der Waals surface area contributed by atoms with Crippen LogP contribution in [-0.2, 0) is 10.2 Å². The third-order valence-electron chi connectivity index (χ3n) is 9.68. The van der Waals surface area contributed by atoms with Crippen molar-refractivity contribution in [3.63, 3.8) is 0 Å². The fourth-order valence-electron chi connectivity index (χ4n) is 6.50. The van der Waals surface area contributed by atoms with Crippen LogP contribution in [0.1, 0.15) is 131 Å². The van der Waals surface area contributed by atoms with Crippen molar-refractivity contribution in [1.82, 2.24) is 14.9 Å². The lowest BCUT2D eigenvalue weighted by molar-refractivity contribution is -0.123. The summed E-state index contributed by atoms with van der Waals surface area (Å²) >= 11 is 0. The number of benzene rings is 1. The highest BCUT2D eigenvalue weighted by Crippen LogP contribution is 2.48. The van der Waals surface area contributed by atoms with E-state index in [0.717, 1.165) is 47.7 Å². The molecule has 7 heteroatoms. The van der Waals surface area contributed by atoms with Gasteiger partial charge in [-0.25, -0.2) is 13.8 Å². The molecule has 2 heterocycles. The van der Waals surface area contributed by atoms with E-state index in [2.05, 4.69) is 50.3 Å². The molecule has 2 aliphatic rings. The Kier molecular flexibility index (Phi) is 13.8. The number of halogens is 2. The van der Waals surface area contributed by atoms with Crippen molar-refractivity contribution < 1.29 is 13.6 Å². The summed E-state index contributed by atoms with van der Waals surface area (Å²) in [4.78, 5) is 20.2. The second-order valence-corrected chi connectivity index (χ2v) is 14.0. The second kappa shape index (κ2) is 17.1. The molecule has 4 rings (SSSR count). The molecule has 1 fully saturated rings. The first-order valence-corrected chi connectivity index (χ1v) is 17.8. The molecule has 0 unspecified atom stereocenters. The topological polar surface area (TPSA) is 50.2 Å². The molecule has 0 atom stereocenters. The molecule has 1 aliphatic carbocycles. The first kappa shape index (κ1) is 38.7. The maximum atomic E-state index is 14.5. The van der Waals surface area contributed by atoms with Crippen LogP contribution in [0, 0.1) is 5.92 Å². The molecule has 1 aromatic heterocycles. The summed E-state index contributed by atoms with van der Waals surface area (Å²) in [5.74, 6) is -0.686. The first-order chi connectivity index (χ1) is 22.8. The Labute approximate surface area is 287 Å². The Morgan fingerprint density at radius 2 is 1.77 bits per heavy atom. The molecule has 0 spiro atoms. The number of nitrogens with one attached hydrogen (secondary N) is 1. The molecule has 262 valence electrons. The average molecular weight is 661 g/mol. The Morgan fingerprint density at radius 3 is 2.31 bits per heavy atom. The van der Waals surface area contributed by atoms with Crippen molar-refractivity contribution in [2.45, 2.75) is 131 Å². The van der Waals surface area contributed by atoms with Gasteiger partial charge in [0.1, 0.15) is 17.4 Å². The molecule has 2 aromatic rings. The van der Waals surface area contributed by atoms with Gasteiger partial charge in [-0.2, -0.15) is 0 Å². The SMILES string of the molecule is C=C/C(F)=C(N/C(C)=c1/c(=C\C(=C)c2ccc3c(c2)N(C2CC(CC)C2)C(=O)C3(C)C)ncn1C(C)C)\C(F)=C/C.CCCCCCC. The number of aromatic nitrogens is 2. The molecule has 1 amide bonds. The van der Waals surface area contributed by atoms with Crippen LogP contribution in [0.15, 0.2) is 67.2 Å². The third-order valence-corrected chi connectivity index (χ3v) is 9.68. The molecule has 1 aliphatic heterocycles. The summed E-state index contributed by atoms with van der Waals surface area (Å²) in [5, 5.41) is 4.22. The van der Waals surface area contributed by atoms with E-state index in [9.17, 15) is 13.6 Å². The van der Waals surface area contributed by atoms with Gasteiger partial charge >= 0.3 is 0 Å². The molecule has 1 N–H and O–H groups in total. The Hall–Kier alpha value is -3.74. The van der Waals surface area contributed by atoms with Crippen molar-refractivity contribution in [3.05, 3.63) is 89.0 Å². The van der Waals surface area contributed by atoms with E-state index >= 15 is 0 Å². The molecule has 48 heavy (non-hydrogen) atoms. The normalized spacial score (nSPS) is 20.1. The zero-order valence-corrected chi connectivity index (χ0v) is 30.9. The number of hydrogen-bond acceptors (Lipinski definition) is 3. The first-order valence-electron chi connectivity index (χ1n) is 17.8. The number of unbranched alkanes of at least 4 members (excludes halogenated alkanes) is 4. The van der Waals surface area contributed by atoms with Crippen LogP contribution in [-0.4, -0.2) is 21.5 Å². The summed E-state index contributed by atoms with van der Waals surface area (Å²) in [6.45, 7) is 25.8. The van der Waals surface area contributed by atoms with Gasteiger partial charge in [-0.1, -0.05) is 84.6 Å². The van der Waals surface area contributed by atoms with E-state index in [-0.39, 0.29) is 23.7 Å². The highest BCUT2D eigenvalue weighted by molar-refractivity contribution is 6.08. The van der Waals surface area contributed by atoms with Gasteiger partial charge in [-0.05, 0) is 101 Å². The number of allylic oxidation sites excluding steroid dienone is 5. The third kappa shape index (κ3) is 8.45. The molecule has 0 bridgehead atoms. The van der Waals surface area contributed by atoms with Gasteiger partial charge in [0.25, 0.3) is 0 Å². The Bertz CT molecular complexity index is 1650. The number of rotatable bonds is 13. The van der Waals surface area contributed by atoms with Gasteiger partial charge in [0.05, 0.1) is 22.4 Å². The minimum absolute atomic E-state index is 0.0455. The van der Waals surface area contributed by atoms with Gasteiger partial charge < -0.3 is 14.8 Å². The predicted molar refractivity (Wildman–Crippen MR) is 199 cm³/mol. The summed E-state index contributed by atoms with van der Waals surface area (Å²) in [7, 11) is 0. The molecule has 0 radical (unpaired) electrons.